The third kappa shape index (κ3) is 2.27. The Hall–Kier alpha value is -2.06. The van der Waals surface area contributed by atoms with E-state index >= 15 is 0 Å². The van der Waals surface area contributed by atoms with Gasteiger partial charge in [0.2, 0.25) is 0 Å². The molecule has 2 N–H and O–H groups in total. The number of fused-ring (bicyclic) bond motifs is 1. The van der Waals surface area contributed by atoms with Gasteiger partial charge < -0.3 is 5.73 Å². The summed E-state index contributed by atoms with van der Waals surface area (Å²) in [6, 6.07) is 6.04. The SMILES string of the molecule is N#Cc1cc2c(nc1Sc1ccncc1N)CCC2. The lowest BCUT2D eigenvalue weighted by molar-refractivity contribution is 0.891. The molecule has 2 heterocycles. The standard InChI is InChI=1S/C14H12N4S/c15-7-10-6-9-2-1-3-12(9)18-14(10)19-13-4-5-17-8-11(13)16/h4-6,8H,1-3,16H2. The summed E-state index contributed by atoms with van der Waals surface area (Å²) in [6.45, 7) is 0. The molecule has 0 aliphatic heterocycles. The number of nitriles is 1. The monoisotopic (exact) mass is 268 g/mol. The Labute approximate surface area is 115 Å². The maximum atomic E-state index is 9.25. The zero-order chi connectivity index (χ0) is 13.2. The number of hydrogen-bond donors (Lipinski definition) is 1. The number of rotatable bonds is 2. The van der Waals surface area contributed by atoms with Crippen molar-refractivity contribution in [2.24, 2.45) is 0 Å². The first-order valence-electron chi connectivity index (χ1n) is 6.08. The van der Waals surface area contributed by atoms with Gasteiger partial charge in [-0.15, -0.1) is 0 Å². The first-order chi connectivity index (χ1) is 9.28. The highest BCUT2D eigenvalue weighted by Crippen LogP contribution is 2.34. The van der Waals surface area contributed by atoms with Crippen molar-refractivity contribution in [1.29, 1.82) is 5.26 Å². The number of aryl methyl sites for hydroxylation is 2. The molecular formula is C14H12N4S. The summed E-state index contributed by atoms with van der Waals surface area (Å²) in [4.78, 5) is 9.47. The van der Waals surface area contributed by atoms with Crippen LogP contribution in [0.2, 0.25) is 0 Å². The molecule has 2 aromatic rings. The zero-order valence-corrected chi connectivity index (χ0v) is 11.1. The normalized spacial score (nSPS) is 13.0. The van der Waals surface area contributed by atoms with E-state index in [9.17, 15) is 5.26 Å². The summed E-state index contributed by atoms with van der Waals surface area (Å²) < 4.78 is 0. The van der Waals surface area contributed by atoms with E-state index in [1.54, 1.807) is 12.4 Å². The van der Waals surface area contributed by atoms with E-state index in [0.717, 1.165) is 34.9 Å². The predicted octanol–water partition coefficient (Wildman–Crippen LogP) is 2.57. The van der Waals surface area contributed by atoms with Gasteiger partial charge in [-0.25, -0.2) is 4.98 Å². The van der Waals surface area contributed by atoms with Crippen LogP contribution in [-0.2, 0) is 12.8 Å². The predicted molar refractivity (Wildman–Crippen MR) is 73.7 cm³/mol. The first kappa shape index (κ1) is 12.0. The summed E-state index contributed by atoms with van der Waals surface area (Å²) in [6.07, 6.45) is 6.46. The van der Waals surface area contributed by atoms with Crippen LogP contribution >= 0.6 is 11.8 Å². The second kappa shape index (κ2) is 4.90. The molecule has 0 saturated heterocycles. The first-order valence-corrected chi connectivity index (χ1v) is 6.90. The molecule has 19 heavy (non-hydrogen) atoms. The van der Waals surface area contributed by atoms with Crippen molar-refractivity contribution in [3.05, 3.63) is 41.3 Å². The van der Waals surface area contributed by atoms with Crippen LogP contribution in [-0.4, -0.2) is 9.97 Å². The van der Waals surface area contributed by atoms with E-state index < -0.39 is 0 Å². The fourth-order valence-electron chi connectivity index (χ4n) is 2.20. The molecular weight excluding hydrogens is 256 g/mol. The van der Waals surface area contributed by atoms with Crippen molar-refractivity contribution < 1.29 is 0 Å². The van der Waals surface area contributed by atoms with Crippen molar-refractivity contribution in [2.45, 2.75) is 29.2 Å². The average molecular weight is 268 g/mol. The van der Waals surface area contributed by atoms with Crippen LogP contribution in [0.5, 0.6) is 0 Å². The molecule has 0 fully saturated rings. The van der Waals surface area contributed by atoms with Gasteiger partial charge in [0.15, 0.2) is 0 Å². The molecule has 0 radical (unpaired) electrons. The Morgan fingerprint density at radius 2 is 2.26 bits per heavy atom. The molecule has 0 bridgehead atoms. The van der Waals surface area contributed by atoms with Crippen LogP contribution in [0.1, 0.15) is 23.2 Å². The van der Waals surface area contributed by atoms with E-state index in [1.807, 2.05) is 12.1 Å². The molecule has 0 saturated carbocycles. The lowest BCUT2D eigenvalue weighted by atomic mass is 10.2. The van der Waals surface area contributed by atoms with Gasteiger partial charge in [0.1, 0.15) is 11.1 Å². The summed E-state index contributed by atoms with van der Waals surface area (Å²) in [5.74, 6) is 0. The smallest absolute Gasteiger partial charge is 0.119 e. The maximum Gasteiger partial charge on any atom is 0.119 e. The van der Waals surface area contributed by atoms with Crippen LogP contribution in [0.25, 0.3) is 0 Å². The largest absolute Gasteiger partial charge is 0.397 e. The van der Waals surface area contributed by atoms with Gasteiger partial charge in [-0.05, 0) is 37.0 Å². The molecule has 0 atom stereocenters. The number of nitrogens with zero attached hydrogens (tertiary/aromatic N) is 3. The summed E-state index contributed by atoms with van der Waals surface area (Å²) in [5.41, 5.74) is 9.45. The fourth-order valence-corrected chi connectivity index (χ4v) is 3.08. The highest BCUT2D eigenvalue weighted by molar-refractivity contribution is 7.99. The average Bonchev–Trinajstić information content (AvgIpc) is 2.87. The Balaban J connectivity index is 2.02. The summed E-state index contributed by atoms with van der Waals surface area (Å²) >= 11 is 1.43. The summed E-state index contributed by atoms with van der Waals surface area (Å²) in [5, 5.41) is 9.99. The highest BCUT2D eigenvalue weighted by atomic mass is 32.2. The van der Waals surface area contributed by atoms with Crippen molar-refractivity contribution in [1.82, 2.24) is 9.97 Å². The van der Waals surface area contributed by atoms with E-state index in [2.05, 4.69) is 16.0 Å². The number of nitrogen functional groups attached to an aromatic ring is 1. The van der Waals surface area contributed by atoms with E-state index in [-0.39, 0.29) is 0 Å². The molecule has 0 unspecified atom stereocenters. The van der Waals surface area contributed by atoms with E-state index in [0.29, 0.717) is 11.3 Å². The van der Waals surface area contributed by atoms with E-state index in [4.69, 9.17) is 5.73 Å². The molecule has 94 valence electrons. The third-order valence-corrected chi connectivity index (χ3v) is 4.25. The third-order valence-electron chi connectivity index (χ3n) is 3.15. The number of aromatic nitrogens is 2. The molecule has 4 nitrogen and oxygen atoms in total. The molecule has 2 aromatic heterocycles. The number of anilines is 1. The minimum Gasteiger partial charge on any atom is -0.397 e. The van der Waals surface area contributed by atoms with Gasteiger partial charge in [-0.3, -0.25) is 4.98 Å². The Morgan fingerprint density at radius 3 is 3.05 bits per heavy atom. The van der Waals surface area contributed by atoms with Gasteiger partial charge in [-0.2, -0.15) is 5.26 Å². The van der Waals surface area contributed by atoms with Gasteiger partial charge >= 0.3 is 0 Å². The topological polar surface area (TPSA) is 75.6 Å². The fraction of sp³-hybridized carbons (Fsp3) is 0.214. The van der Waals surface area contributed by atoms with Crippen LogP contribution in [0.4, 0.5) is 5.69 Å². The van der Waals surface area contributed by atoms with Crippen molar-refractivity contribution >= 4 is 17.4 Å². The molecule has 1 aliphatic rings. The van der Waals surface area contributed by atoms with Crippen LogP contribution in [0.15, 0.2) is 34.4 Å². The van der Waals surface area contributed by atoms with Crippen molar-refractivity contribution in [3.8, 4) is 6.07 Å². The van der Waals surface area contributed by atoms with Gasteiger partial charge in [0.25, 0.3) is 0 Å². The summed E-state index contributed by atoms with van der Waals surface area (Å²) in [7, 11) is 0. The van der Waals surface area contributed by atoms with Crippen LogP contribution in [0, 0.1) is 11.3 Å². The second-order valence-corrected chi connectivity index (χ2v) is 5.46. The van der Waals surface area contributed by atoms with Gasteiger partial charge in [0.05, 0.1) is 17.4 Å². The Kier molecular flexibility index (Phi) is 3.10. The zero-order valence-electron chi connectivity index (χ0n) is 10.3. The van der Waals surface area contributed by atoms with E-state index in [1.165, 1.54) is 17.3 Å². The van der Waals surface area contributed by atoms with Crippen LogP contribution < -0.4 is 5.73 Å². The Bertz CT molecular complexity index is 676. The van der Waals surface area contributed by atoms with Crippen molar-refractivity contribution in [2.75, 3.05) is 5.73 Å². The molecule has 0 spiro atoms. The number of nitrogens with two attached hydrogens (primary N) is 1. The maximum absolute atomic E-state index is 9.25. The molecule has 1 aliphatic carbocycles. The van der Waals surface area contributed by atoms with Gasteiger partial charge in [-0.1, -0.05) is 11.8 Å². The quantitative estimate of drug-likeness (QED) is 0.906. The molecule has 3 rings (SSSR count). The minimum atomic E-state index is 0.610. The molecule has 0 aromatic carbocycles. The lowest BCUT2D eigenvalue weighted by Gasteiger charge is -2.08. The lowest BCUT2D eigenvalue weighted by Crippen LogP contribution is -1.96. The Morgan fingerprint density at radius 1 is 1.37 bits per heavy atom. The van der Waals surface area contributed by atoms with Gasteiger partial charge in [0, 0.05) is 16.8 Å². The van der Waals surface area contributed by atoms with Crippen molar-refractivity contribution in [3.63, 3.8) is 0 Å². The molecule has 0 amide bonds. The highest BCUT2D eigenvalue weighted by Gasteiger charge is 2.17. The number of pyridine rings is 2. The second-order valence-electron chi connectivity index (χ2n) is 4.43. The number of hydrogen-bond acceptors (Lipinski definition) is 5. The van der Waals surface area contributed by atoms with Crippen LogP contribution in [0.3, 0.4) is 0 Å². The minimum absolute atomic E-state index is 0.610. The molecule has 5 heteroatoms.